The second-order valence-corrected chi connectivity index (χ2v) is 4.73. The van der Waals surface area contributed by atoms with Crippen molar-refractivity contribution in [3.8, 4) is 5.75 Å². The van der Waals surface area contributed by atoms with Gasteiger partial charge in [0.25, 0.3) is 0 Å². The maximum absolute atomic E-state index is 9.59. The molecule has 0 saturated carbocycles. The van der Waals surface area contributed by atoms with Crippen molar-refractivity contribution in [2.24, 2.45) is 0 Å². The minimum absolute atomic E-state index is 0.132. The van der Waals surface area contributed by atoms with Crippen LogP contribution in [0, 0.1) is 0 Å². The summed E-state index contributed by atoms with van der Waals surface area (Å²) in [6.45, 7) is 4.35. The second kappa shape index (κ2) is 7.62. The summed E-state index contributed by atoms with van der Waals surface area (Å²) >= 11 is 6.02. The predicted molar refractivity (Wildman–Crippen MR) is 73.4 cm³/mol. The van der Waals surface area contributed by atoms with Crippen molar-refractivity contribution in [2.45, 2.75) is 38.7 Å². The molecule has 4 heteroatoms. The first kappa shape index (κ1) is 15.3. The standard InChI is InChI=1S/C14H21ClO3/c1-3-10(7-12(17)9-16)13-8-11(15)5-6-14(13)18-4-2/h5-6,8,10,12,16-17H,3-4,7,9H2,1-2H3. The van der Waals surface area contributed by atoms with Crippen molar-refractivity contribution in [1.82, 2.24) is 0 Å². The Kier molecular flexibility index (Phi) is 6.47. The Labute approximate surface area is 113 Å². The molecular weight excluding hydrogens is 252 g/mol. The van der Waals surface area contributed by atoms with Crippen LogP contribution in [0.25, 0.3) is 0 Å². The van der Waals surface area contributed by atoms with E-state index in [-0.39, 0.29) is 12.5 Å². The zero-order valence-corrected chi connectivity index (χ0v) is 11.7. The van der Waals surface area contributed by atoms with Crippen LogP contribution in [0.1, 0.15) is 38.2 Å². The summed E-state index contributed by atoms with van der Waals surface area (Å²) < 4.78 is 5.59. The average Bonchev–Trinajstić information content (AvgIpc) is 2.38. The molecule has 0 aromatic heterocycles. The molecule has 1 aromatic rings. The highest BCUT2D eigenvalue weighted by molar-refractivity contribution is 6.30. The van der Waals surface area contributed by atoms with E-state index in [0.717, 1.165) is 17.7 Å². The molecule has 0 fully saturated rings. The topological polar surface area (TPSA) is 49.7 Å². The molecule has 0 bridgehead atoms. The zero-order chi connectivity index (χ0) is 13.5. The van der Waals surface area contributed by atoms with E-state index in [9.17, 15) is 5.11 Å². The Bertz CT molecular complexity index is 368. The van der Waals surface area contributed by atoms with Gasteiger partial charge in [0.2, 0.25) is 0 Å². The highest BCUT2D eigenvalue weighted by Crippen LogP contribution is 2.34. The van der Waals surface area contributed by atoms with Crippen LogP contribution in [0.5, 0.6) is 5.75 Å². The first-order valence-electron chi connectivity index (χ1n) is 6.33. The fourth-order valence-electron chi connectivity index (χ4n) is 2.04. The van der Waals surface area contributed by atoms with Crippen LogP contribution in [0.15, 0.2) is 18.2 Å². The summed E-state index contributed by atoms with van der Waals surface area (Å²) in [6, 6.07) is 5.53. The van der Waals surface area contributed by atoms with Crippen molar-refractivity contribution in [1.29, 1.82) is 0 Å². The van der Waals surface area contributed by atoms with Crippen molar-refractivity contribution >= 4 is 11.6 Å². The fourth-order valence-corrected chi connectivity index (χ4v) is 2.22. The molecule has 3 nitrogen and oxygen atoms in total. The van der Waals surface area contributed by atoms with Gasteiger partial charge in [0.05, 0.1) is 19.3 Å². The summed E-state index contributed by atoms with van der Waals surface area (Å²) in [5.41, 5.74) is 0.999. The third kappa shape index (κ3) is 4.16. The number of ether oxygens (including phenoxy) is 1. The molecule has 2 atom stereocenters. The number of aliphatic hydroxyl groups is 2. The SMILES string of the molecule is CCOc1ccc(Cl)cc1C(CC)CC(O)CO. The Morgan fingerprint density at radius 3 is 2.61 bits per heavy atom. The van der Waals surface area contributed by atoms with E-state index in [1.165, 1.54) is 0 Å². The fraction of sp³-hybridized carbons (Fsp3) is 0.571. The third-order valence-corrected chi connectivity index (χ3v) is 3.21. The maximum Gasteiger partial charge on any atom is 0.122 e. The molecule has 0 heterocycles. The average molecular weight is 273 g/mol. The molecular formula is C14H21ClO3. The van der Waals surface area contributed by atoms with Crippen LogP contribution < -0.4 is 4.74 Å². The Balaban J connectivity index is 2.98. The second-order valence-electron chi connectivity index (χ2n) is 4.29. The molecule has 0 saturated heterocycles. The molecule has 102 valence electrons. The zero-order valence-electron chi connectivity index (χ0n) is 10.9. The number of aliphatic hydroxyl groups excluding tert-OH is 2. The normalized spacial score (nSPS) is 14.3. The lowest BCUT2D eigenvalue weighted by atomic mass is 9.90. The Morgan fingerprint density at radius 2 is 2.06 bits per heavy atom. The van der Waals surface area contributed by atoms with Gasteiger partial charge in [-0.05, 0) is 49.4 Å². The number of hydrogen-bond acceptors (Lipinski definition) is 3. The van der Waals surface area contributed by atoms with E-state index in [1.54, 1.807) is 6.07 Å². The van der Waals surface area contributed by atoms with Crippen LogP contribution in [0.4, 0.5) is 0 Å². The first-order chi connectivity index (χ1) is 8.62. The number of benzene rings is 1. The smallest absolute Gasteiger partial charge is 0.122 e. The van der Waals surface area contributed by atoms with Crippen LogP contribution in [0.2, 0.25) is 5.02 Å². The minimum Gasteiger partial charge on any atom is -0.494 e. The molecule has 0 aliphatic carbocycles. The van der Waals surface area contributed by atoms with E-state index in [4.69, 9.17) is 21.4 Å². The van der Waals surface area contributed by atoms with Crippen molar-refractivity contribution < 1.29 is 14.9 Å². The lowest BCUT2D eigenvalue weighted by Gasteiger charge is -2.21. The number of halogens is 1. The van der Waals surface area contributed by atoms with E-state index in [2.05, 4.69) is 0 Å². The summed E-state index contributed by atoms with van der Waals surface area (Å²) in [6.07, 6.45) is 0.661. The van der Waals surface area contributed by atoms with E-state index >= 15 is 0 Å². The lowest BCUT2D eigenvalue weighted by Crippen LogP contribution is -2.16. The van der Waals surface area contributed by atoms with Crippen LogP contribution in [-0.2, 0) is 0 Å². The number of rotatable bonds is 7. The molecule has 2 N–H and O–H groups in total. The van der Waals surface area contributed by atoms with Gasteiger partial charge in [-0.1, -0.05) is 18.5 Å². The maximum atomic E-state index is 9.59. The van der Waals surface area contributed by atoms with Gasteiger partial charge in [0.1, 0.15) is 5.75 Å². The van der Waals surface area contributed by atoms with Gasteiger partial charge in [-0.3, -0.25) is 0 Å². The highest BCUT2D eigenvalue weighted by Gasteiger charge is 2.18. The van der Waals surface area contributed by atoms with Gasteiger partial charge in [0, 0.05) is 5.02 Å². The molecule has 0 aliphatic heterocycles. The summed E-state index contributed by atoms with van der Waals surface area (Å²) in [4.78, 5) is 0. The Hall–Kier alpha value is -0.770. The Morgan fingerprint density at radius 1 is 1.33 bits per heavy atom. The van der Waals surface area contributed by atoms with Crippen molar-refractivity contribution in [3.05, 3.63) is 28.8 Å². The lowest BCUT2D eigenvalue weighted by molar-refractivity contribution is 0.0815. The minimum atomic E-state index is -0.705. The molecule has 2 unspecified atom stereocenters. The first-order valence-corrected chi connectivity index (χ1v) is 6.71. The molecule has 0 radical (unpaired) electrons. The molecule has 0 aliphatic rings. The van der Waals surface area contributed by atoms with Crippen LogP contribution >= 0.6 is 11.6 Å². The van der Waals surface area contributed by atoms with Gasteiger partial charge in [0.15, 0.2) is 0 Å². The largest absolute Gasteiger partial charge is 0.494 e. The van der Waals surface area contributed by atoms with Crippen molar-refractivity contribution in [2.75, 3.05) is 13.2 Å². The predicted octanol–water partition coefficient (Wildman–Crippen LogP) is 2.98. The van der Waals surface area contributed by atoms with E-state index in [1.807, 2.05) is 26.0 Å². The van der Waals surface area contributed by atoms with E-state index in [0.29, 0.717) is 18.1 Å². The molecule has 1 aromatic carbocycles. The van der Waals surface area contributed by atoms with Gasteiger partial charge in [-0.25, -0.2) is 0 Å². The van der Waals surface area contributed by atoms with Gasteiger partial charge >= 0.3 is 0 Å². The third-order valence-electron chi connectivity index (χ3n) is 2.97. The van der Waals surface area contributed by atoms with Crippen LogP contribution in [0.3, 0.4) is 0 Å². The molecule has 0 spiro atoms. The summed E-state index contributed by atoms with van der Waals surface area (Å²) in [5.74, 6) is 0.936. The summed E-state index contributed by atoms with van der Waals surface area (Å²) in [5, 5.41) is 19.2. The molecule has 18 heavy (non-hydrogen) atoms. The van der Waals surface area contributed by atoms with E-state index < -0.39 is 6.10 Å². The highest BCUT2D eigenvalue weighted by atomic mass is 35.5. The van der Waals surface area contributed by atoms with Crippen LogP contribution in [-0.4, -0.2) is 29.5 Å². The monoisotopic (exact) mass is 272 g/mol. The summed E-state index contributed by atoms with van der Waals surface area (Å²) in [7, 11) is 0. The quantitative estimate of drug-likeness (QED) is 0.802. The van der Waals surface area contributed by atoms with Crippen molar-refractivity contribution in [3.63, 3.8) is 0 Å². The molecule has 0 amide bonds. The van der Waals surface area contributed by atoms with Gasteiger partial charge in [-0.2, -0.15) is 0 Å². The molecule has 1 rings (SSSR count). The van der Waals surface area contributed by atoms with Gasteiger partial charge < -0.3 is 14.9 Å². The number of hydrogen-bond donors (Lipinski definition) is 2. The van der Waals surface area contributed by atoms with Gasteiger partial charge in [-0.15, -0.1) is 0 Å².